The van der Waals surface area contributed by atoms with Crippen molar-refractivity contribution in [2.45, 2.75) is 33.1 Å². The molecule has 3 aromatic carbocycles. The third kappa shape index (κ3) is 4.91. The van der Waals surface area contributed by atoms with Gasteiger partial charge in [-0.25, -0.2) is 9.59 Å². The highest BCUT2D eigenvalue weighted by Crippen LogP contribution is 2.37. The van der Waals surface area contributed by atoms with Crippen LogP contribution in [0, 0.1) is 6.92 Å². The molecule has 3 rings (SSSR count). The molecule has 29 heavy (non-hydrogen) atoms. The van der Waals surface area contributed by atoms with Gasteiger partial charge in [-0.1, -0.05) is 63.2 Å². The first-order valence-corrected chi connectivity index (χ1v) is 9.45. The molecule has 0 unspecified atom stereocenters. The fraction of sp³-hybridized carbons (Fsp3) is 0.200. The van der Waals surface area contributed by atoms with Crippen molar-refractivity contribution in [3.8, 4) is 11.5 Å². The molecule has 0 heterocycles. The molecular formula is C25H24O4. The van der Waals surface area contributed by atoms with Crippen LogP contribution in [-0.4, -0.2) is 11.9 Å². The maximum absolute atomic E-state index is 12.6. The summed E-state index contributed by atoms with van der Waals surface area (Å²) in [6.45, 7) is 8.05. The molecule has 0 aromatic heterocycles. The Labute approximate surface area is 171 Å². The van der Waals surface area contributed by atoms with E-state index in [2.05, 4.69) is 20.8 Å². The monoisotopic (exact) mass is 388 g/mol. The Kier molecular flexibility index (Phi) is 5.83. The van der Waals surface area contributed by atoms with E-state index in [1.54, 1.807) is 54.6 Å². The molecule has 3 aromatic rings. The lowest BCUT2D eigenvalue weighted by Crippen LogP contribution is -2.16. The minimum atomic E-state index is -0.506. The third-order valence-corrected chi connectivity index (χ3v) is 4.52. The summed E-state index contributed by atoms with van der Waals surface area (Å²) in [7, 11) is 0. The van der Waals surface area contributed by atoms with Gasteiger partial charge in [0.25, 0.3) is 0 Å². The van der Waals surface area contributed by atoms with Gasteiger partial charge in [0.15, 0.2) is 11.5 Å². The number of hydrogen-bond acceptors (Lipinski definition) is 4. The summed E-state index contributed by atoms with van der Waals surface area (Å²) in [6, 6.07) is 21.2. The van der Waals surface area contributed by atoms with Crippen LogP contribution in [0.5, 0.6) is 11.5 Å². The highest BCUT2D eigenvalue weighted by atomic mass is 16.6. The first-order chi connectivity index (χ1) is 13.8. The number of ether oxygens (including phenoxy) is 2. The zero-order valence-electron chi connectivity index (χ0n) is 17.1. The molecule has 0 amide bonds. The number of hydrogen-bond donors (Lipinski definition) is 0. The maximum atomic E-state index is 12.6. The summed E-state index contributed by atoms with van der Waals surface area (Å²) in [5.74, 6) is -0.536. The average molecular weight is 388 g/mol. The largest absolute Gasteiger partial charge is 0.419 e. The zero-order valence-corrected chi connectivity index (χ0v) is 17.1. The van der Waals surface area contributed by atoms with Gasteiger partial charge in [0, 0.05) is 0 Å². The van der Waals surface area contributed by atoms with E-state index in [1.807, 2.05) is 25.1 Å². The molecule has 4 nitrogen and oxygen atoms in total. The lowest BCUT2D eigenvalue weighted by Gasteiger charge is -2.22. The molecule has 0 saturated heterocycles. The van der Waals surface area contributed by atoms with E-state index in [1.165, 1.54) is 0 Å². The molecule has 148 valence electrons. The van der Waals surface area contributed by atoms with Crippen LogP contribution in [0.15, 0.2) is 72.8 Å². The van der Waals surface area contributed by atoms with Crippen molar-refractivity contribution in [2.75, 3.05) is 0 Å². The summed E-state index contributed by atoms with van der Waals surface area (Å²) in [4.78, 5) is 25.2. The van der Waals surface area contributed by atoms with E-state index in [0.29, 0.717) is 11.1 Å². The van der Waals surface area contributed by atoms with Crippen LogP contribution in [0.4, 0.5) is 0 Å². The van der Waals surface area contributed by atoms with Gasteiger partial charge in [0.2, 0.25) is 0 Å². The first-order valence-electron chi connectivity index (χ1n) is 9.45. The van der Waals surface area contributed by atoms with Crippen LogP contribution in [0.2, 0.25) is 0 Å². The predicted molar refractivity (Wildman–Crippen MR) is 113 cm³/mol. The molecule has 0 bridgehead atoms. The minimum Gasteiger partial charge on any atom is -0.419 e. The smallest absolute Gasteiger partial charge is 0.343 e. The van der Waals surface area contributed by atoms with E-state index in [0.717, 1.165) is 11.1 Å². The van der Waals surface area contributed by atoms with E-state index < -0.39 is 11.9 Å². The van der Waals surface area contributed by atoms with Crippen molar-refractivity contribution >= 4 is 11.9 Å². The minimum absolute atomic E-state index is 0.166. The molecule has 0 spiro atoms. The van der Waals surface area contributed by atoms with Gasteiger partial charge in [0.1, 0.15) is 0 Å². The van der Waals surface area contributed by atoms with Gasteiger partial charge in [0.05, 0.1) is 11.1 Å². The van der Waals surface area contributed by atoms with Gasteiger partial charge in [-0.15, -0.1) is 0 Å². The van der Waals surface area contributed by atoms with E-state index in [-0.39, 0.29) is 16.9 Å². The van der Waals surface area contributed by atoms with Crippen molar-refractivity contribution in [3.63, 3.8) is 0 Å². The highest BCUT2D eigenvalue weighted by molar-refractivity contribution is 5.93. The quantitative estimate of drug-likeness (QED) is 0.423. The van der Waals surface area contributed by atoms with Gasteiger partial charge < -0.3 is 9.47 Å². The van der Waals surface area contributed by atoms with Crippen molar-refractivity contribution in [1.29, 1.82) is 0 Å². The lowest BCUT2D eigenvalue weighted by atomic mass is 9.86. The van der Waals surface area contributed by atoms with Crippen molar-refractivity contribution in [1.82, 2.24) is 0 Å². The molecule has 0 radical (unpaired) electrons. The van der Waals surface area contributed by atoms with Crippen LogP contribution >= 0.6 is 0 Å². The summed E-state index contributed by atoms with van der Waals surface area (Å²) in [6.07, 6.45) is 0. The molecule has 0 atom stereocenters. The molecule has 4 heteroatoms. The van der Waals surface area contributed by atoms with Crippen LogP contribution in [0.1, 0.15) is 52.6 Å². The summed E-state index contributed by atoms with van der Waals surface area (Å²) >= 11 is 0. The third-order valence-electron chi connectivity index (χ3n) is 4.52. The average Bonchev–Trinajstić information content (AvgIpc) is 2.70. The Hall–Kier alpha value is -3.40. The van der Waals surface area contributed by atoms with Crippen molar-refractivity contribution in [2.24, 2.45) is 0 Å². The van der Waals surface area contributed by atoms with Crippen LogP contribution in [0.25, 0.3) is 0 Å². The van der Waals surface area contributed by atoms with Gasteiger partial charge in [-0.2, -0.15) is 0 Å². The second-order valence-corrected chi connectivity index (χ2v) is 7.88. The lowest BCUT2D eigenvalue weighted by molar-refractivity contribution is 0.0681. The van der Waals surface area contributed by atoms with Crippen LogP contribution in [-0.2, 0) is 5.41 Å². The fourth-order valence-electron chi connectivity index (χ4n) is 2.84. The van der Waals surface area contributed by atoms with E-state index in [9.17, 15) is 9.59 Å². The zero-order chi connectivity index (χ0) is 21.0. The number of carbonyl (C=O) groups excluding carboxylic acids is 2. The van der Waals surface area contributed by atoms with Crippen molar-refractivity contribution < 1.29 is 19.1 Å². The first kappa shape index (κ1) is 20.3. The van der Waals surface area contributed by atoms with Gasteiger partial charge in [-0.3, -0.25) is 0 Å². The van der Waals surface area contributed by atoms with Crippen molar-refractivity contribution in [3.05, 3.63) is 95.1 Å². The molecule has 0 saturated carbocycles. The number of carbonyl (C=O) groups is 2. The van der Waals surface area contributed by atoms with Gasteiger partial charge >= 0.3 is 11.9 Å². The molecule has 0 fully saturated rings. The van der Waals surface area contributed by atoms with E-state index >= 15 is 0 Å². The topological polar surface area (TPSA) is 52.6 Å². The maximum Gasteiger partial charge on any atom is 0.343 e. The number of rotatable bonds is 4. The fourth-order valence-corrected chi connectivity index (χ4v) is 2.84. The second kappa shape index (κ2) is 8.31. The van der Waals surface area contributed by atoms with Crippen LogP contribution in [0.3, 0.4) is 0 Å². The Morgan fingerprint density at radius 1 is 0.724 bits per heavy atom. The number of benzene rings is 3. The second-order valence-electron chi connectivity index (χ2n) is 7.88. The number of esters is 2. The van der Waals surface area contributed by atoms with E-state index in [4.69, 9.17) is 9.47 Å². The standard InChI is InChI=1S/C25H24O4/c1-17-15-20(25(2,3)4)16-21(28-23(26)18-11-7-5-8-12-18)22(17)29-24(27)19-13-9-6-10-14-19/h5-16H,1-4H3. The SMILES string of the molecule is Cc1cc(C(C)(C)C)cc(OC(=O)c2ccccc2)c1OC(=O)c1ccccc1. The molecule has 0 N–H and O–H groups in total. The number of aryl methyl sites for hydroxylation is 1. The Morgan fingerprint density at radius 2 is 1.21 bits per heavy atom. The summed E-state index contributed by atoms with van der Waals surface area (Å²) in [5.41, 5.74) is 2.38. The molecule has 0 aliphatic rings. The Morgan fingerprint density at radius 3 is 1.69 bits per heavy atom. The summed E-state index contributed by atoms with van der Waals surface area (Å²) < 4.78 is 11.3. The summed E-state index contributed by atoms with van der Waals surface area (Å²) in [5, 5.41) is 0. The predicted octanol–water partition coefficient (Wildman–Crippen LogP) is 5.73. The molecule has 0 aliphatic carbocycles. The molecule has 0 aliphatic heterocycles. The van der Waals surface area contributed by atoms with Crippen LogP contribution < -0.4 is 9.47 Å². The van der Waals surface area contributed by atoms with Gasteiger partial charge in [-0.05, 0) is 53.8 Å². The highest BCUT2D eigenvalue weighted by Gasteiger charge is 2.23. The molecular weight excluding hydrogens is 364 g/mol. The Balaban J connectivity index is 2.00. The Bertz CT molecular complexity index is 1020. The normalized spacial score (nSPS) is 11.0.